The number of aliphatic hydroxyl groups excluding tert-OH is 1. The second-order valence-electron chi connectivity index (χ2n) is 9.88. The van der Waals surface area contributed by atoms with Gasteiger partial charge in [-0.3, -0.25) is 9.80 Å². The maximum absolute atomic E-state index is 11.0. The quantitative estimate of drug-likeness (QED) is 0.411. The van der Waals surface area contributed by atoms with Gasteiger partial charge in [-0.1, -0.05) is 41.9 Å². The van der Waals surface area contributed by atoms with Crippen molar-refractivity contribution in [1.82, 2.24) is 19.6 Å². The first-order valence-corrected chi connectivity index (χ1v) is 13.2. The lowest BCUT2D eigenvalue weighted by Crippen LogP contribution is -2.44. The van der Waals surface area contributed by atoms with Gasteiger partial charge in [0, 0.05) is 56.9 Å². The van der Waals surface area contributed by atoms with E-state index in [0.29, 0.717) is 42.2 Å². The lowest BCUT2D eigenvalue weighted by molar-refractivity contribution is 0.00587. The van der Waals surface area contributed by atoms with E-state index in [2.05, 4.69) is 21.9 Å². The summed E-state index contributed by atoms with van der Waals surface area (Å²) in [6.07, 6.45) is 2.07. The topological polar surface area (TPSA) is 63.0 Å². The third-order valence-electron chi connectivity index (χ3n) is 6.80. The number of hydrogen-bond acceptors (Lipinski definition) is 6. The Balaban J connectivity index is 1.41. The van der Waals surface area contributed by atoms with Crippen LogP contribution >= 0.6 is 11.6 Å². The minimum atomic E-state index is -0.431. The fourth-order valence-electron chi connectivity index (χ4n) is 4.80. The van der Waals surface area contributed by atoms with Crippen molar-refractivity contribution >= 4 is 11.6 Å². The van der Waals surface area contributed by atoms with Crippen molar-refractivity contribution in [2.45, 2.75) is 25.5 Å². The molecule has 0 unspecified atom stereocenters. The molecule has 36 heavy (non-hydrogen) atoms. The number of halogens is 1. The number of aryl methyl sites for hydroxylation is 1. The Bertz CT molecular complexity index is 1110. The molecule has 1 aliphatic carbocycles. The molecule has 2 fully saturated rings. The lowest BCUT2D eigenvalue weighted by Gasteiger charge is -2.31. The summed E-state index contributed by atoms with van der Waals surface area (Å²) < 4.78 is 13.7. The van der Waals surface area contributed by atoms with E-state index in [0.717, 1.165) is 49.7 Å². The van der Waals surface area contributed by atoms with Crippen LogP contribution in [0.2, 0.25) is 5.02 Å². The zero-order valence-electron chi connectivity index (χ0n) is 20.9. The number of β-amino-alcohol motifs (C(OH)–C–C–N with tert-alkyl or cyclic N) is 1. The number of benzene rings is 2. The van der Waals surface area contributed by atoms with Crippen LogP contribution in [-0.4, -0.2) is 76.7 Å². The molecule has 1 aromatic heterocycles. The lowest BCUT2D eigenvalue weighted by atomic mass is 10.1. The van der Waals surface area contributed by atoms with Crippen LogP contribution in [0.15, 0.2) is 54.6 Å². The number of rotatable bonds is 11. The van der Waals surface area contributed by atoms with E-state index in [-0.39, 0.29) is 0 Å². The Labute approximate surface area is 218 Å². The van der Waals surface area contributed by atoms with Gasteiger partial charge in [-0.15, -0.1) is 0 Å². The average molecular weight is 511 g/mol. The summed E-state index contributed by atoms with van der Waals surface area (Å²) in [6, 6.07) is 17.6. The molecule has 3 aromatic rings. The minimum absolute atomic E-state index is 0.431. The van der Waals surface area contributed by atoms with Crippen LogP contribution in [0.1, 0.15) is 18.4 Å². The number of aliphatic hydroxyl groups is 1. The normalized spacial score (nSPS) is 17.4. The minimum Gasteiger partial charge on any atom is -0.439 e. The Morgan fingerprint density at radius 2 is 1.83 bits per heavy atom. The van der Waals surface area contributed by atoms with E-state index in [1.807, 2.05) is 54.2 Å². The maximum atomic E-state index is 11.0. The molecular weight excluding hydrogens is 476 g/mol. The van der Waals surface area contributed by atoms with Crippen molar-refractivity contribution in [2.75, 3.05) is 45.9 Å². The molecule has 192 valence electrons. The molecule has 2 aliphatic rings. The van der Waals surface area contributed by atoms with Gasteiger partial charge in [-0.25, -0.2) is 4.68 Å². The Hall–Kier alpha value is -2.42. The van der Waals surface area contributed by atoms with Crippen molar-refractivity contribution in [3.8, 4) is 22.9 Å². The van der Waals surface area contributed by atoms with E-state index in [9.17, 15) is 5.11 Å². The molecule has 2 heterocycles. The number of nitrogens with zero attached hydrogens (tertiary/aromatic N) is 4. The van der Waals surface area contributed by atoms with Gasteiger partial charge < -0.3 is 14.6 Å². The highest BCUT2D eigenvalue weighted by atomic mass is 35.5. The predicted octanol–water partition coefficient (Wildman–Crippen LogP) is 4.44. The first kappa shape index (κ1) is 25.2. The van der Waals surface area contributed by atoms with Crippen LogP contribution in [0.25, 0.3) is 11.3 Å². The summed E-state index contributed by atoms with van der Waals surface area (Å²) in [5.41, 5.74) is 2.98. The van der Waals surface area contributed by atoms with Gasteiger partial charge in [0.2, 0.25) is 5.88 Å². The Kier molecular flexibility index (Phi) is 8.24. The molecule has 0 amide bonds. The smallest absolute Gasteiger partial charge is 0.222 e. The van der Waals surface area contributed by atoms with E-state index in [4.69, 9.17) is 26.2 Å². The molecule has 2 aromatic carbocycles. The molecule has 7 nitrogen and oxygen atoms in total. The van der Waals surface area contributed by atoms with E-state index < -0.39 is 6.10 Å². The number of morpholine rings is 1. The summed E-state index contributed by atoms with van der Waals surface area (Å²) in [5, 5.41) is 16.6. The molecule has 1 aliphatic heterocycles. The first-order chi connectivity index (χ1) is 17.5. The van der Waals surface area contributed by atoms with Crippen molar-refractivity contribution in [3.63, 3.8) is 0 Å². The summed E-state index contributed by atoms with van der Waals surface area (Å²) in [4.78, 5) is 4.67. The monoisotopic (exact) mass is 510 g/mol. The van der Waals surface area contributed by atoms with Gasteiger partial charge in [0.15, 0.2) is 0 Å². The molecule has 0 radical (unpaired) electrons. The summed E-state index contributed by atoms with van der Waals surface area (Å²) in [6.45, 7) is 6.11. The van der Waals surface area contributed by atoms with E-state index in [1.165, 1.54) is 12.8 Å². The molecule has 0 bridgehead atoms. The van der Waals surface area contributed by atoms with Crippen molar-refractivity contribution in [3.05, 3.63) is 65.2 Å². The Morgan fingerprint density at radius 1 is 1.11 bits per heavy atom. The molecule has 1 saturated heterocycles. The van der Waals surface area contributed by atoms with Crippen molar-refractivity contribution in [2.24, 2.45) is 13.0 Å². The fraction of sp³-hybridized carbons (Fsp3) is 0.464. The van der Waals surface area contributed by atoms with Crippen LogP contribution < -0.4 is 4.74 Å². The largest absolute Gasteiger partial charge is 0.439 e. The standard InChI is InChI=1S/C28H35ClN4O3/c1-31-28(36-25-11-9-23(29)10-12-25)26(27(30-31)22-5-3-2-4-6-22)20-33(17-21-7-8-21)19-24(34)18-32-13-15-35-16-14-32/h2-6,9-12,21,24,34H,7-8,13-20H2,1H3/t24-/m0/s1. The van der Waals surface area contributed by atoms with Gasteiger partial charge in [-0.2, -0.15) is 5.10 Å². The zero-order chi connectivity index (χ0) is 24.9. The number of aromatic nitrogens is 2. The number of ether oxygens (including phenoxy) is 2. The first-order valence-electron chi connectivity index (χ1n) is 12.8. The second kappa shape index (κ2) is 11.8. The van der Waals surface area contributed by atoms with Gasteiger partial charge in [0.1, 0.15) is 11.4 Å². The van der Waals surface area contributed by atoms with Crippen LogP contribution in [0, 0.1) is 5.92 Å². The van der Waals surface area contributed by atoms with Gasteiger partial charge >= 0.3 is 0 Å². The average Bonchev–Trinajstić information content (AvgIpc) is 3.65. The third-order valence-corrected chi connectivity index (χ3v) is 7.05. The van der Waals surface area contributed by atoms with Gasteiger partial charge in [0.05, 0.1) is 24.9 Å². The molecule has 8 heteroatoms. The second-order valence-corrected chi connectivity index (χ2v) is 10.3. The maximum Gasteiger partial charge on any atom is 0.222 e. The van der Waals surface area contributed by atoms with Crippen LogP contribution in [0.5, 0.6) is 11.6 Å². The van der Waals surface area contributed by atoms with Crippen LogP contribution in [0.4, 0.5) is 0 Å². The molecule has 1 N–H and O–H groups in total. The molecule has 5 rings (SSSR count). The highest BCUT2D eigenvalue weighted by molar-refractivity contribution is 6.30. The highest BCUT2D eigenvalue weighted by Gasteiger charge is 2.29. The predicted molar refractivity (Wildman–Crippen MR) is 141 cm³/mol. The summed E-state index contributed by atoms with van der Waals surface area (Å²) in [7, 11) is 1.92. The zero-order valence-corrected chi connectivity index (χ0v) is 21.6. The van der Waals surface area contributed by atoms with E-state index in [1.54, 1.807) is 0 Å². The van der Waals surface area contributed by atoms with Crippen molar-refractivity contribution in [1.29, 1.82) is 0 Å². The van der Waals surface area contributed by atoms with Crippen molar-refractivity contribution < 1.29 is 14.6 Å². The van der Waals surface area contributed by atoms with Crippen LogP contribution in [-0.2, 0) is 18.3 Å². The highest BCUT2D eigenvalue weighted by Crippen LogP contribution is 2.36. The fourth-order valence-corrected chi connectivity index (χ4v) is 4.92. The van der Waals surface area contributed by atoms with Gasteiger partial charge in [0.25, 0.3) is 0 Å². The molecule has 0 spiro atoms. The SMILES string of the molecule is Cn1nc(-c2ccccc2)c(CN(CC2CC2)C[C@@H](O)CN2CCOCC2)c1Oc1ccc(Cl)cc1. The molecular formula is C28H35ClN4O3. The summed E-state index contributed by atoms with van der Waals surface area (Å²) >= 11 is 6.09. The molecule has 1 saturated carbocycles. The Morgan fingerprint density at radius 3 is 2.53 bits per heavy atom. The van der Waals surface area contributed by atoms with Gasteiger partial charge in [-0.05, 0) is 43.0 Å². The van der Waals surface area contributed by atoms with Crippen LogP contribution in [0.3, 0.4) is 0 Å². The summed E-state index contributed by atoms with van der Waals surface area (Å²) in [5.74, 6) is 2.11. The molecule has 1 atom stereocenters. The number of hydrogen-bond donors (Lipinski definition) is 1. The van der Waals surface area contributed by atoms with E-state index >= 15 is 0 Å². The third kappa shape index (κ3) is 6.66.